The predicted octanol–water partition coefficient (Wildman–Crippen LogP) is 10.7. The molecule has 1 saturated carbocycles. The van der Waals surface area contributed by atoms with Crippen LogP contribution in [0.3, 0.4) is 0 Å². The normalized spacial score (nSPS) is 18.3. The highest BCUT2D eigenvalue weighted by atomic mass is 16.3. The smallest absolute Gasteiger partial charge is 0.0558 e. The molecule has 2 heteroatoms. The zero-order valence-corrected chi connectivity index (χ0v) is 25.3. The van der Waals surface area contributed by atoms with Crippen LogP contribution in [0.5, 0.6) is 0 Å². The number of aliphatic hydroxyl groups is 1. The van der Waals surface area contributed by atoms with Crippen molar-refractivity contribution in [3.63, 3.8) is 0 Å². The van der Waals surface area contributed by atoms with E-state index in [9.17, 15) is 5.11 Å². The molecule has 0 amide bonds. The fraction of sp³-hybridized carbons (Fsp3) is 1.00. The average Bonchev–Trinajstić information content (AvgIpc) is 2.89. The van der Waals surface area contributed by atoms with Crippen molar-refractivity contribution in [1.29, 1.82) is 0 Å². The lowest BCUT2D eigenvalue weighted by Gasteiger charge is -2.28. The van der Waals surface area contributed by atoms with Gasteiger partial charge in [0, 0.05) is 6.54 Å². The quantitative estimate of drug-likeness (QED) is 0.112. The van der Waals surface area contributed by atoms with Gasteiger partial charge in [-0.05, 0) is 37.8 Å². The first kappa shape index (κ1) is 33.9. The van der Waals surface area contributed by atoms with Gasteiger partial charge in [0.2, 0.25) is 0 Å². The molecule has 0 radical (unpaired) electrons. The van der Waals surface area contributed by atoms with Crippen molar-refractivity contribution >= 4 is 0 Å². The van der Waals surface area contributed by atoms with Gasteiger partial charge >= 0.3 is 0 Å². The van der Waals surface area contributed by atoms with Crippen LogP contribution in [-0.4, -0.2) is 36.2 Å². The summed E-state index contributed by atoms with van der Waals surface area (Å²) in [6, 6.07) is 0. The SMILES string of the molecule is CCCCCCCCCCCCCCCCN(CCO)CCCCCC1CCC(CCCCC)CC1. The number of rotatable bonds is 27. The molecule has 1 aliphatic carbocycles. The molecule has 0 heterocycles. The fourth-order valence-electron chi connectivity index (χ4n) is 6.44. The Balaban J connectivity index is 1.89. The van der Waals surface area contributed by atoms with Gasteiger partial charge in [-0.3, -0.25) is 0 Å². The van der Waals surface area contributed by atoms with Gasteiger partial charge in [-0.1, -0.05) is 168 Å². The van der Waals surface area contributed by atoms with E-state index in [0.717, 1.165) is 18.4 Å². The molecular formula is C34H69NO. The van der Waals surface area contributed by atoms with Gasteiger partial charge in [0.05, 0.1) is 6.61 Å². The Kier molecular flexibility index (Phi) is 25.0. The Morgan fingerprint density at radius 3 is 1.19 bits per heavy atom. The van der Waals surface area contributed by atoms with Gasteiger partial charge in [0.25, 0.3) is 0 Å². The summed E-state index contributed by atoms with van der Waals surface area (Å²) in [6.07, 6.45) is 37.4. The molecule has 0 unspecified atom stereocenters. The summed E-state index contributed by atoms with van der Waals surface area (Å²) in [5, 5.41) is 9.47. The fourth-order valence-corrected chi connectivity index (χ4v) is 6.44. The molecule has 2 nitrogen and oxygen atoms in total. The second kappa shape index (κ2) is 26.5. The predicted molar refractivity (Wildman–Crippen MR) is 162 cm³/mol. The number of aliphatic hydroxyl groups excluding tert-OH is 1. The molecule has 1 rings (SSSR count). The van der Waals surface area contributed by atoms with Gasteiger partial charge in [-0.25, -0.2) is 0 Å². The number of unbranched alkanes of at least 4 members (excludes halogenated alkanes) is 17. The first-order valence-corrected chi connectivity index (χ1v) is 17.1. The highest BCUT2D eigenvalue weighted by molar-refractivity contribution is 4.73. The largest absolute Gasteiger partial charge is 0.395 e. The van der Waals surface area contributed by atoms with Crippen LogP contribution in [-0.2, 0) is 0 Å². The maximum atomic E-state index is 9.47. The van der Waals surface area contributed by atoms with E-state index in [0.29, 0.717) is 6.61 Å². The Bertz CT molecular complexity index is 417. The topological polar surface area (TPSA) is 23.5 Å². The lowest BCUT2D eigenvalue weighted by molar-refractivity contribution is 0.189. The lowest BCUT2D eigenvalue weighted by atomic mass is 9.78. The summed E-state index contributed by atoms with van der Waals surface area (Å²) < 4.78 is 0. The maximum Gasteiger partial charge on any atom is 0.0558 e. The monoisotopic (exact) mass is 508 g/mol. The Hall–Kier alpha value is -0.0800. The minimum Gasteiger partial charge on any atom is -0.395 e. The van der Waals surface area contributed by atoms with Crippen molar-refractivity contribution in [3.8, 4) is 0 Å². The van der Waals surface area contributed by atoms with Crippen LogP contribution in [0.1, 0.15) is 181 Å². The first-order chi connectivity index (χ1) is 17.8. The average molecular weight is 508 g/mol. The summed E-state index contributed by atoms with van der Waals surface area (Å²) in [5.74, 6) is 2.08. The number of hydrogen-bond acceptors (Lipinski definition) is 2. The summed E-state index contributed by atoms with van der Waals surface area (Å²) in [5.41, 5.74) is 0. The van der Waals surface area contributed by atoms with Crippen molar-refractivity contribution in [2.24, 2.45) is 11.8 Å². The van der Waals surface area contributed by atoms with Crippen molar-refractivity contribution in [2.45, 2.75) is 181 Å². The van der Waals surface area contributed by atoms with E-state index in [2.05, 4.69) is 18.7 Å². The molecule has 0 aromatic carbocycles. The standard InChI is InChI=1S/C34H69NO/c1-3-5-7-8-9-10-11-12-13-14-15-16-17-21-29-35(31-32-36)30-22-18-20-24-34-27-25-33(26-28-34)23-19-6-4-2/h33-34,36H,3-32H2,1-2H3. The molecule has 0 aromatic heterocycles. The van der Waals surface area contributed by atoms with Crippen molar-refractivity contribution < 1.29 is 5.11 Å². The van der Waals surface area contributed by atoms with Gasteiger partial charge in [-0.15, -0.1) is 0 Å². The number of hydrogen-bond donors (Lipinski definition) is 1. The molecular weight excluding hydrogens is 438 g/mol. The second-order valence-electron chi connectivity index (χ2n) is 12.4. The minimum atomic E-state index is 0.320. The van der Waals surface area contributed by atoms with Crippen molar-refractivity contribution in [3.05, 3.63) is 0 Å². The van der Waals surface area contributed by atoms with E-state index in [4.69, 9.17) is 0 Å². The van der Waals surface area contributed by atoms with Crippen LogP contribution in [0.25, 0.3) is 0 Å². The van der Waals surface area contributed by atoms with Crippen LogP contribution in [0.15, 0.2) is 0 Å². The Morgan fingerprint density at radius 2 is 0.778 bits per heavy atom. The van der Waals surface area contributed by atoms with E-state index < -0.39 is 0 Å². The highest BCUT2D eigenvalue weighted by Gasteiger charge is 2.20. The third-order valence-corrected chi connectivity index (χ3v) is 9.01. The third kappa shape index (κ3) is 20.9. The van der Waals surface area contributed by atoms with Crippen LogP contribution < -0.4 is 0 Å². The molecule has 1 fully saturated rings. The molecule has 0 bridgehead atoms. The van der Waals surface area contributed by atoms with E-state index >= 15 is 0 Å². The van der Waals surface area contributed by atoms with Gasteiger partial charge in [0.1, 0.15) is 0 Å². The summed E-state index contributed by atoms with van der Waals surface area (Å²) in [6.45, 7) is 8.21. The van der Waals surface area contributed by atoms with Crippen LogP contribution in [0.4, 0.5) is 0 Å². The third-order valence-electron chi connectivity index (χ3n) is 9.01. The zero-order chi connectivity index (χ0) is 25.9. The van der Waals surface area contributed by atoms with E-state index in [-0.39, 0.29) is 0 Å². The Labute approximate surface area is 228 Å². The molecule has 216 valence electrons. The van der Waals surface area contributed by atoms with E-state index in [1.807, 2.05) is 0 Å². The minimum absolute atomic E-state index is 0.320. The molecule has 0 spiro atoms. The molecule has 0 aromatic rings. The second-order valence-corrected chi connectivity index (χ2v) is 12.4. The van der Waals surface area contributed by atoms with E-state index in [1.54, 1.807) is 0 Å². The molecule has 1 N–H and O–H groups in total. The molecule has 0 saturated heterocycles. The maximum absolute atomic E-state index is 9.47. The van der Waals surface area contributed by atoms with Crippen LogP contribution >= 0.6 is 0 Å². The first-order valence-electron chi connectivity index (χ1n) is 17.1. The molecule has 0 aliphatic heterocycles. The summed E-state index contributed by atoms with van der Waals surface area (Å²) in [7, 11) is 0. The van der Waals surface area contributed by atoms with E-state index in [1.165, 1.54) is 180 Å². The molecule has 1 aliphatic rings. The Morgan fingerprint density at radius 1 is 0.444 bits per heavy atom. The van der Waals surface area contributed by atoms with Gasteiger partial charge < -0.3 is 10.0 Å². The van der Waals surface area contributed by atoms with Gasteiger partial charge in [0.15, 0.2) is 0 Å². The van der Waals surface area contributed by atoms with Crippen LogP contribution in [0, 0.1) is 11.8 Å². The molecule has 0 atom stereocenters. The summed E-state index contributed by atoms with van der Waals surface area (Å²) in [4.78, 5) is 2.53. The van der Waals surface area contributed by atoms with Gasteiger partial charge in [-0.2, -0.15) is 0 Å². The summed E-state index contributed by atoms with van der Waals surface area (Å²) >= 11 is 0. The molecule has 36 heavy (non-hydrogen) atoms. The van der Waals surface area contributed by atoms with Crippen molar-refractivity contribution in [2.75, 3.05) is 26.2 Å². The van der Waals surface area contributed by atoms with Crippen molar-refractivity contribution in [1.82, 2.24) is 4.90 Å². The number of nitrogens with zero attached hydrogens (tertiary/aromatic N) is 1. The lowest BCUT2D eigenvalue weighted by Crippen LogP contribution is -2.29. The zero-order valence-electron chi connectivity index (χ0n) is 25.3. The van der Waals surface area contributed by atoms with Crippen LogP contribution in [0.2, 0.25) is 0 Å². The highest BCUT2D eigenvalue weighted by Crippen LogP contribution is 2.34.